The molecule has 0 bridgehead atoms. The third-order valence-electron chi connectivity index (χ3n) is 4.13. The molecule has 0 radical (unpaired) electrons. The molecular formula is C15H26N2O. The van der Waals surface area contributed by atoms with Gasteiger partial charge in [0.2, 0.25) is 0 Å². The van der Waals surface area contributed by atoms with Crippen LogP contribution in [0, 0.1) is 0 Å². The molecule has 3 atom stereocenters. The van der Waals surface area contributed by atoms with E-state index in [0.717, 1.165) is 18.6 Å². The van der Waals surface area contributed by atoms with Gasteiger partial charge in [0, 0.05) is 24.5 Å². The Bertz CT molecular complexity index is 336. The lowest BCUT2D eigenvalue weighted by atomic mass is 9.97. The molecule has 18 heavy (non-hydrogen) atoms. The van der Waals surface area contributed by atoms with E-state index in [1.165, 1.54) is 19.4 Å². The smallest absolute Gasteiger partial charge is 0.103 e. The highest BCUT2D eigenvalue weighted by Crippen LogP contribution is 2.16. The van der Waals surface area contributed by atoms with Crippen molar-refractivity contribution in [3.63, 3.8) is 0 Å². The summed E-state index contributed by atoms with van der Waals surface area (Å²) in [5.41, 5.74) is 0. The average Bonchev–Trinajstić information content (AvgIpc) is 2.84. The van der Waals surface area contributed by atoms with E-state index >= 15 is 0 Å². The molecule has 0 spiro atoms. The normalized spacial score (nSPS) is 27.3. The molecule has 3 unspecified atom stereocenters. The molecule has 0 amide bonds. The summed E-state index contributed by atoms with van der Waals surface area (Å²) in [6, 6.07) is 5.98. The van der Waals surface area contributed by atoms with Gasteiger partial charge in [-0.25, -0.2) is 0 Å². The molecule has 0 aliphatic carbocycles. The van der Waals surface area contributed by atoms with E-state index in [1.807, 2.05) is 6.07 Å². The second-order valence-electron chi connectivity index (χ2n) is 5.74. The highest BCUT2D eigenvalue weighted by atomic mass is 16.3. The zero-order valence-corrected chi connectivity index (χ0v) is 11.9. The van der Waals surface area contributed by atoms with Crippen LogP contribution in [0.1, 0.15) is 38.9 Å². The van der Waals surface area contributed by atoms with E-state index in [9.17, 15) is 0 Å². The Hall–Kier alpha value is -0.800. The number of hydrogen-bond donors (Lipinski definition) is 1. The van der Waals surface area contributed by atoms with E-state index in [-0.39, 0.29) is 0 Å². The average molecular weight is 250 g/mol. The number of likely N-dealkylation sites (tertiary alicyclic amines) is 1. The molecule has 2 rings (SSSR count). The summed E-state index contributed by atoms with van der Waals surface area (Å²) in [5.74, 6) is 1.10. The van der Waals surface area contributed by atoms with Crippen molar-refractivity contribution in [3.05, 3.63) is 24.2 Å². The Morgan fingerprint density at radius 2 is 2.39 bits per heavy atom. The predicted octanol–water partition coefficient (Wildman–Crippen LogP) is 2.67. The first-order chi connectivity index (χ1) is 8.65. The molecule has 3 heteroatoms. The SMILES string of the molecule is CC(CCc1ccco1)NC1CCN(C)C(C)C1. The van der Waals surface area contributed by atoms with Gasteiger partial charge in [0.05, 0.1) is 6.26 Å². The molecule has 0 saturated carbocycles. The maximum atomic E-state index is 5.37. The Labute approximate surface area is 111 Å². The summed E-state index contributed by atoms with van der Waals surface area (Å²) in [4.78, 5) is 2.45. The molecule has 2 heterocycles. The van der Waals surface area contributed by atoms with Crippen molar-refractivity contribution in [2.45, 2.75) is 57.7 Å². The lowest BCUT2D eigenvalue weighted by Crippen LogP contribution is -2.48. The number of aryl methyl sites for hydroxylation is 1. The third kappa shape index (κ3) is 3.85. The highest BCUT2D eigenvalue weighted by molar-refractivity contribution is 4.98. The highest BCUT2D eigenvalue weighted by Gasteiger charge is 2.23. The van der Waals surface area contributed by atoms with E-state index in [2.05, 4.69) is 37.2 Å². The third-order valence-corrected chi connectivity index (χ3v) is 4.13. The fourth-order valence-corrected chi connectivity index (χ4v) is 2.74. The second kappa shape index (κ2) is 6.39. The minimum atomic E-state index is 0.565. The van der Waals surface area contributed by atoms with Crippen LogP contribution in [0.5, 0.6) is 0 Å². The van der Waals surface area contributed by atoms with Gasteiger partial charge in [-0.15, -0.1) is 0 Å². The van der Waals surface area contributed by atoms with E-state index in [0.29, 0.717) is 18.1 Å². The molecule has 102 valence electrons. The minimum absolute atomic E-state index is 0.565. The van der Waals surface area contributed by atoms with Gasteiger partial charge in [0.25, 0.3) is 0 Å². The number of rotatable bonds is 5. The molecule has 1 fully saturated rings. The van der Waals surface area contributed by atoms with E-state index < -0.39 is 0 Å². The number of hydrogen-bond acceptors (Lipinski definition) is 3. The first-order valence-corrected chi connectivity index (χ1v) is 7.14. The van der Waals surface area contributed by atoms with Crippen molar-refractivity contribution in [3.8, 4) is 0 Å². The summed E-state index contributed by atoms with van der Waals surface area (Å²) >= 11 is 0. The van der Waals surface area contributed by atoms with Crippen LogP contribution in [0.4, 0.5) is 0 Å². The topological polar surface area (TPSA) is 28.4 Å². The molecule has 1 aromatic heterocycles. The first-order valence-electron chi connectivity index (χ1n) is 7.14. The zero-order chi connectivity index (χ0) is 13.0. The fraction of sp³-hybridized carbons (Fsp3) is 0.733. The van der Waals surface area contributed by atoms with Gasteiger partial charge in [-0.2, -0.15) is 0 Å². The van der Waals surface area contributed by atoms with Crippen LogP contribution in [-0.4, -0.2) is 36.6 Å². The van der Waals surface area contributed by atoms with Crippen LogP contribution < -0.4 is 5.32 Å². The lowest BCUT2D eigenvalue weighted by Gasteiger charge is -2.36. The van der Waals surface area contributed by atoms with Gasteiger partial charge in [0.15, 0.2) is 0 Å². The van der Waals surface area contributed by atoms with Crippen molar-refractivity contribution < 1.29 is 4.42 Å². The molecule has 0 aromatic carbocycles. The van der Waals surface area contributed by atoms with Crippen LogP contribution in [0.25, 0.3) is 0 Å². The van der Waals surface area contributed by atoms with Gasteiger partial charge in [-0.1, -0.05) is 0 Å². The maximum absolute atomic E-state index is 5.37. The van der Waals surface area contributed by atoms with Crippen molar-refractivity contribution in [2.75, 3.05) is 13.6 Å². The predicted molar refractivity (Wildman–Crippen MR) is 74.7 cm³/mol. The number of piperidine rings is 1. The first kappa shape index (κ1) is 13.6. The van der Waals surface area contributed by atoms with Gasteiger partial charge in [-0.3, -0.25) is 0 Å². The molecular weight excluding hydrogens is 224 g/mol. The lowest BCUT2D eigenvalue weighted by molar-refractivity contribution is 0.162. The number of nitrogens with one attached hydrogen (secondary N) is 1. The van der Waals surface area contributed by atoms with Crippen molar-refractivity contribution >= 4 is 0 Å². The summed E-state index contributed by atoms with van der Waals surface area (Å²) in [5, 5.41) is 3.76. The Morgan fingerprint density at radius 1 is 1.56 bits per heavy atom. The maximum Gasteiger partial charge on any atom is 0.103 e. The quantitative estimate of drug-likeness (QED) is 0.871. The summed E-state index contributed by atoms with van der Waals surface area (Å²) in [6.45, 7) is 5.82. The molecule has 3 nitrogen and oxygen atoms in total. The van der Waals surface area contributed by atoms with Crippen LogP contribution in [-0.2, 0) is 6.42 Å². The largest absolute Gasteiger partial charge is 0.469 e. The van der Waals surface area contributed by atoms with Gasteiger partial charge >= 0.3 is 0 Å². The molecule has 1 N–H and O–H groups in total. The summed E-state index contributed by atoms with van der Waals surface area (Å²) < 4.78 is 5.37. The Balaban J connectivity index is 1.69. The van der Waals surface area contributed by atoms with Crippen molar-refractivity contribution in [2.24, 2.45) is 0 Å². The van der Waals surface area contributed by atoms with Gasteiger partial charge in [-0.05, 0) is 58.8 Å². The van der Waals surface area contributed by atoms with Crippen molar-refractivity contribution in [1.82, 2.24) is 10.2 Å². The van der Waals surface area contributed by atoms with Crippen molar-refractivity contribution in [1.29, 1.82) is 0 Å². The van der Waals surface area contributed by atoms with Crippen LogP contribution >= 0.6 is 0 Å². The summed E-state index contributed by atoms with van der Waals surface area (Å²) in [7, 11) is 2.22. The molecule has 1 saturated heterocycles. The van der Waals surface area contributed by atoms with Crippen LogP contribution in [0.15, 0.2) is 22.8 Å². The van der Waals surface area contributed by atoms with Gasteiger partial charge in [0.1, 0.15) is 5.76 Å². The van der Waals surface area contributed by atoms with Crippen LogP contribution in [0.2, 0.25) is 0 Å². The standard InChI is InChI=1S/C15H26N2O/c1-12(6-7-15-5-4-10-18-15)16-14-8-9-17(3)13(2)11-14/h4-5,10,12-14,16H,6-9,11H2,1-3H3. The second-order valence-corrected chi connectivity index (χ2v) is 5.74. The molecule has 1 aliphatic rings. The Kier molecular flexibility index (Phi) is 4.84. The van der Waals surface area contributed by atoms with E-state index in [1.54, 1.807) is 6.26 Å². The minimum Gasteiger partial charge on any atom is -0.469 e. The molecule has 1 aliphatic heterocycles. The van der Waals surface area contributed by atoms with Crippen LogP contribution in [0.3, 0.4) is 0 Å². The van der Waals surface area contributed by atoms with Gasteiger partial charge < -0.3 is 14.6 Å². The van der Waals surface area contributed by atoms with E-state index in [4.69, 9.17) is 4.42 Å². The summed E-state index contributed by atoms with van der Waals surface area (Å²) in [6.07, 6.45) is 6.47. The molecule has 1 aromatic rings. The number of furan rings is 1. The monoisotopic (exact) mass is 250 g/mol. The zero-order valence-electron chi connectivity index (χ0n) is 11.9. The number of nitrogens with zero attached hydrogens (tertiary/aromatic N) is 1. The Morgan fingerprint density at radius 3 is 3.06 bits per heavy atom. The fourth-order valence-electron chi connectivity index (χ4n) is 2.74.